The maximum absolute atomic E-state index is 13.3. The molecule has 1 atom stereocenters. The summed E-state index contributed by atoms with van der Waals surface area (Å²) in [5.74, 6) is 0.298. The number of nitrogens with one attached hydrogen (secondary N) is 1. The highest BCUT2D eigenvalue weighted by Crippen LogP contribution is 2.33. The Labute approximate surface area is 196 Å². The number of furan rings is 1. The Hall–Kier alpha value is -3.77. The summed E-state index contributed by atoms with van der Waals surface area (Å²) in [6.45, 7) is 4.02. The Kier molecular flexibility index (Phi) is 6.66. The molecule has 168 valence electrons. The van der Waals surface area contributed by atoms with Crippen molar-refractivity contribution in [2.45, 2.75) is 20.0 Å². The third kappa shape index (κ3) is 4.86. The molecule has 6 nitrogen and oxygen atoms in total. The first-order valence-corrected chi connectivity index (χ1v) is 10.9. The molecule has 4 rings (SSSR count). The number of amides is 1. The van der Waals surface area contributed by atoms with Crippen molar-refractivity contribution < 1.29 is 23.5 Å². The van der Waals surface area contributed by atoms with Gasteiger partial charge >= 0.3 is 0 Å². The highest BCUT2D eigenvalue weighted by molar-refractivity contribution is 6.32. The van der Waals surface area contributed by atoms with Gasteiger partial charge in [0.15, 0.2) is 11.9 Å². The van der Waals surface area contributed by atoms with Gasteiger partial charge in [0.05, 0.1) is 17.3 Å². The molecule has 1 unspecified atom stereocenters. The maximum Gasteiger partial charge on any atom is 0.265 e. The molecule has 0 fully saturated rings. The van der Waals surface area contributed by atoms with Crippen molar-refractivity contribution in [3.63, 3.8) is 0 Å². The number of fused-ring (bicyclic) bond motifs is 1. The fraction of sp³-hybridized carbons (Fsp3) is 0.154. The van der Waals surface area contributed by atoms with Crippen LogP contribution in [0.25, 0.3) is 11.0 Å². The normalized spacial score (nSPS) is 11.7. The van der Waals surface area contributed by atoms with Crippen molar-refractivity contribution in [1.29, 1.82) is 0 Å². The largest absolute Gasteiger partial charge is 0.494 e. The molecule has 0 aliphatic heterocycles. The summed E-state index contributed by atoms with van der Waals surface area (Å²) in [6.07, 6.45) is -0.869. The molecule has 33 heavy (non-hydrogen) atoms. The zero-order chi connectivity index (χ0) is 23.4. The van der Waals surface area contributed by atoms with Crippen LogP contribution in [-0.2, 0) is 4.79 Å². The first kappa shape index (κ1) is 22.4. The third-order valence-corrected chi connectivity index (χ3v) is 5.30. The van der Waals surface area contributed by atoms with Crippen molar-refractivity contribution in [2.24, 2.45) is 0 Å². The molecule has 0 radical (unpaired) electrons. The Morgan fingerprint density at radius 2 is 1.70 bits per heavy atom. The zero-order valence-electron chi connectivity index (χ0n) is 18.1. The van der Waals surface area contributed by atoms with Crippen LogP contribution in [0.4, 0.5) is 5.69 Å². The second kappa shape index (κ2) is 9.79. The molecule has 1 heterocycles. The lowest BCUT2D eigenvalue weighted by Crippen LogP contribution is -2.30. The van der Waals surface area contributed by atoms with Crippen LogP contribution in [-0.4, -0.2) is 24.4 Å². The SMILES string of the molecule is CCOc1ccc(C(=O)c2oc3ccccc3c2NC(=O)C(C)Oc2ccccc2Cl)cc1. The minimum atomic E-state index is -0.869. The number of hydrogen-bond donors (Lipinski definition) is 1. The molecule has 3 aromatic carbocycles. The van der Waals surface area contributed by atoms with Crippen molar-refractivity contribution >= 4 is 39.9 Å². The topological polar surface area (TPSA) is 77.8 Å². The van der Waals surface area contributed by atoms with Crippen LogP contribution in [0.2, 0.25) is 5.02 Å². The van der Waals surface area contributed by atoms with Crippen LogP contribution >= 0.6 is 11.6 Å². The number of halogens is 1. The number of benzene rings is 3. The van der Waals surface area contributed by atoms with Gasteiger partial charge in [0.1, 0.15) is 17.1 Å². The summed E-state index contributed by atoms with van der Waals surface area (Å²) in [6, 6.07) is 20.8. The highest BCUT2D eigenvalue weighted by atomic mass is 35.5. The van der Waals surface area contributed by atoms with Gasteiger partial charge in [-0.1, -0.05) is 35.9 Å². The van der Waals surface area contributed by atoms with E-state index in [0.717, 1.165) is 0 Å². The average Bonchev–Trinajstić information content (AvgIpc) is 3.19. The van der Waals surface area contributed by atoms with Crippen molar-refractivity contribution in [3.8, 4) is 11.5 Å². The molecule has 0 saturated carbocycles. The van der Waals surface area contributed by atoms with E-state index in [1.807, 2.05) is 13.0 Å². The van der Waals surface area contributed by atoms with Gasteiger partial charge in [0, 0.05) is 10.9 Å². The van der Waals surface area contributed by atoms with Crippen LogP contribution in [0.5, 0.6) is 11.5 Å². The van der Waals surface area contributed by atoms with Crippen molar-refractivity contribution in [2.75, 3.05) is 11.9 Å². The van der Waals surface area contributed by atoms with E-state index >= 15 is 0 Å². The van der Waals surface area contributed by atoms with Gasteiger partial charge in [-0.15, -0.1) is 0 Å². The Morgan fingerprint density at radius 1 is 1.00 bits per heavy atom. The fourth-order valence-corrected chi connectivity index (χ4v) is 3.52. The van der Waals surface area contributed by atoms with Crippen molar-refractivity contribution in [1.82, 2.24) is 0 Å². The van der Waals surface area contributed by atoms with Gasteiger partial charge in [0.2, 0.25) is 5.78 Å². The standard InChI is InChI=1S/C26H22ClNO5/c1-3-31-18-14-12-17(13-15-18)24(29)25-23(19-8-4-6-10-21(19)33-25)28-26(30)16(2)32-22-11-7-5-9-20(22)27/h4-16H,3H2,1-2H3,(H,28,30). The number of ketones is 1. The summed E-state index contributed by atoms with van der Waals surface area (Å²) in [5.41, 5.74) is 1.19. The number of para-hydroxylation sites is 2. The first-order valence-electron chi connectivity index (χ1n) is 10.5. The molecular formula is C26H22ClNO5. The monoisotopic (exact) mass is 463 g/mol. The maximum atomic E-state index is 13.3. The molecule has 0 bridgehead atoms. The lowest BCUT2D eigenvalue weighted by molar-refractivity contribution is -0.122. The molecule has 0 saturated heterocycles. The van der Waals surface area contributed by atoms with Crippen LogP contribution in [0.15, 0.2) is 77.2 Å². The lowest BCUT2D eigenvalue weighted by atomic mass is 10.1. The molecule has 0 aliphatic carbocycles. The highest BCUT2D eigenvalue weighted by Gasteiger charge is 2.25. The second-order valence-corrected chi connectivity index (χ2v) is 7.68. The van der Waals surface area contributed by atoms with E-state index < -0.39 is 12.0 Å². The number of hydrogen-bond acceptors (Lipinski definition) is 5. The summed E-state index contributed by atoms with van der Waals surface area (Å²) < 4.78 is 17.0. The van der Waals surface area contributed by atoms with E-state index in [1.54, 1.807) is 73.7 Å². The summed E-state index contributed by atoms with van der Waals surface area (Å²) in [7, 11) is 0. The number of carbonyl (C=O) groups excluding carboxylic acids is 2. The number of anilines is 1. The molecule has 1 aromatic heterocycles. The fourth-order valence-electron chi connectivity index (χ4n) is 3.34. The number of rotatable bonds is 8. The van der Waals surface area contributed by atoms with Crippen LogP contribution < -0.4 is 14.8 Å². The predicted molar refractivity (Wildman–Crippen MR) is 127 cm³/mol. The lowest BCUT2D eigenvalue weighted by Gasteiger charge is -2.15. The summed E-state index contributed by atoms with van der Waals surface area (Å²) in [4.78, 5) is 26.2. The number of ether oxygens (including phenoxy) is 2. The van der Waals surface area contributed by atoms with E-state index in [4.69, 9.17) is 25.5 Å². The second-order valence-electron chi connectivity index (χ2n) is 7.27. The van der Waals surface area contributed by atoms with E-state index in [9.17, 15) is 9.59 Å². The molecule has 1 N–H and O–H groups in total. The van der Waals surface area contributed by atoms with Crippen LogP contribution in [0, 0.1) is 0 Å². The van der Waals surface area contributed by atoms with E-state index in [-0.39, 0.29) is 11.5 Å². The van der Waals surface area contributed by atoms with E-state index in [0.29, 0.717) is 45.3 Å². The van der Waals surface area contributed by atoms with Crippen LogP contribution in [0.3, 0.4) is 0 Å². The Morgan fingerprint density at radius 3 is 2.42 bits per heavy atom. The van der Waals surface area contributed by atoms with Gasteiger partial charge < -0.3 is 19.2 Å². The Balaban J connectivity index is 1.63. The third-order valence-electron chi connectivity index (χ3n) is 4.99. The zero-order valence-corrected chi connectivity index (χ0v) is 18.9. The summed E-state index contributed by atoms with van der Waals surface area (Å²) >= 11 is 6.13. The predicted octanol–water partition coefficient (Wildman–Crippen LogP) is 6.12. The Bertz CT molecular complexity index is 1300. The smallest absolute Gasteiger partial charge is 0.265 e. The number of carbonyl (C=O) groups is 2. The van der Waals surface area contributed by atoms with Gasteiger partial charge in [-0.05, 0) is 62.4 Å². The van der Waals surface area contributed by atoms with E-state index in [1.165, 1.54) is 0 Å². The van der Waals surface area contributed by atoms with Crippen molar-refractivity contribution in [3.05, 3.63) is 89.1 Å². The van der Waals surface area contributed by atoms with Gasteiger partial charge in [-0.2, -0.15) is 0 Å². The first-order chi connectivity index (χ1) is 16.0. The molecular weight excluding hydrogens is 442 g/mol. The molecule has 1 amide bonds. The minimum absolute atomic E-state index is 0.0404. The average molecular weight is 464 g/mol. The van der Waals surface area contributed by atoms with Gasteiger partial charge in [0.25, 0.3) is 5.91 Å². The van der Waals surface area contributed by atoms with Crippen LogP contribution in [0.1, 0.15) is 30.0 Å². The molecule has 7 heteroatoms. The van der Waals surface area contributed by atoms with Gasteiger partial charge in [-0.25, -0.2) is 0 Å². The van der Waals surface area contributed by atoms with E-state index in [2.05, 4.69) is 5.32 Å². The van der Waals surface area contributed by atoms with Gasteiger partial charge in [-0.3, -0.25) is 9.59 Å². The quantitative estimate of drug-likeness (QED) is 0.318. The molecule has 0 aliphatic rings. The molecule has 0 spiro atoms. The minimum Gasteiger partial charge on any atom is -0.494 e. The molecule has 4 aromatic rings. The summed E-state index contributed by atoms with van der Waals surface area (Å²) in [5, 5.41) is 3.83.